The Morgan fingerprint density at radius 1 is 1.00 bits per heavy atom. The quantitative estimate of drug-likeness (QED) is 0.764. The van der Waals surface area contributed by atoms with E-state index in [0.29, 0.717) is 4.83 Å². The van der Waals surface area contributed by atoms with Gasteiger partial charge in [0.1, 0.15) is 0 Å². The molecule has 88 valence electrons. The first kappa shape index (κ1) is 12.3. The Morgan fingerprint density at radius 3 is 2.24 bits per heavy atom. The first-order valence-electron chi connectivity index (χ1n) is 5.91. The molecule has 1 nitrogen and oxygen atoms in total. The van der Waals surface area contributed by atoms with Gasteiger partial charge in [0.2, 0.25) is 0 Å². The largest absolute Gasteiger partial charge is 0.265 e. The highest BCUT2D eigenvalue weighted by molar-refractivity contribution is 9.09. The number of rotatable bonds is 4. The molecular formula is C15H16BrN. The van der Waals surface area contributed by atoms with Gasteiger partial charge in [-0.25, -0.2) is 0 Å². The van der Waals surface area contributed by atoms with Crippen LogP contribution in [0.2, 0.25) is 0 Å². The van der Waals surface area contributed by atoms with E-state index in [9.17, 15) is 0 Å². The molecule has 0 bridgehead atoms. The Bertz CT molecular complexity index is 450. The molecule has 0 aliphatic carbocycles. The number of alkyl halides is 1. The number of hydrogen-bond acceptors (Lipinski definition) is 1. The third-order valence-corrected chi connectivity index (χ3v) is 3.77. The summed E-state index contributed by atoms with van der Waals surface area (Å²) in [7, 11) is 0. The third-order valence-electron chi connectivity index (χ3n) is 2.91. The van der Waals surface area contributed by atoms with Crippen LogP contribution in [0.1, 0.15) is 28.4 Å². The SMILES string of the molecule is CCc1ccc(C(Br)Cc2ccncc2)cc1. The summed E-state index contributed by atoms with van der Waals surface area (Å²) in [6, 6.07) is 13.0. The van der Waals surface area contributed by atoms with Crippen LogP contribution < -0.4 is 0 Å². The van der Waals surface area contributed by atoms with E-state index in [0.717, 1.165) is 12.8 Å². The van der Waals surface area contributed by atoms with Crippen molar-refractivity contribution in [3.8, 4) is 0 Å². The third kappa shape index (κ3) is 3.40. The van der Waals surface area contributed by atoms with E-state index in [1.165, 1.54) is 16.7 Å². The number of aromatic nitrogens is 1. The van der Waals surface area contributed by atoms with Crippen LogP contribution >= 0.6 is 15.9 Å². The Kier molecular flexibility index (Phi) is 4.32. The maximum atomic E-state index is 4.03. The molecule has 2 rings (SSSR count). The first-order valence-corrected chi connectivity index (χ1v) is 6.83. The molecule has 17 heavy (non-hydrogen) atoms. The summed E-state index contributed by atoms with van der Waals surface area (Å²) in [5.41, 5.74) is 4.03. The van der Waals surface area contributed by atoms with Gasteiger partial charge in [-0.1, -0.05) is 47.1 Å². The van der Waals surface area contributed by atoms with Gasteiger partial charge >= 0.3 is 0 Å². The molecule has 1 atom stereocenters. The summed E-state index contributed by atoms with van der Waals surface area (Å²) in [4.78, 5) is 4.40. The number of aryl methyl sites for hydroxylation is 1. The molecule has 2 aromatic rings. The fourth-order valence-electron chi connectivity index (χ4n) is 1.81. The molecule has 0 saturated heterocycles. The summed E-state index contributed by atoms with van der Waals surface area (Å²) >= 11 is 3.75. The lowest BCUT2D eigenvalue weighted by Crippen LogP contribution is -1.95. The Morgan fingerprint density at radius 2 is 1.65 bits per heavy atom. The number of benzene rings is 1. The van der Waals surface area contributed by atoms with Crippen molar-refractivity contribution < 1.29 is 0 Å². The van der Waals surface area contributed by atoms with Gasteiger partial charge in [-0.05, 0) is 41.7 Å². The van der Waals surface area contributed by atoms with Crippen LogP contribution in [0, 0.1) is 0 Å². The number of pyridine rings is 1. The average molecular weight is 290 g/mol. The van der Waals surface area contributed by atoms with E-state index in [-0.39, 0.29) is 0 Å². The molecule has 2 heteroatoms. The molecule has 1 unspecified atom stereocenters. The van der Waals surface area contributed by atoms with Crippen LogP contribution in [0.25, 0.3) is 0 Å². The lowest BCUT2D eigenvalue weighted by Gasteiger charge is -2.10. The van der Waals surface area contributed by atoms with Crippen molar-refractivity contribution in [1.29, 1.82) is 0 Å². The van der Waals surface area contributed by atoms with Crippen molar-refractivity contribution in [2.75, 3.05) is 0 Å². The van der Waals surface area contributed by atoms with Crippen LogP contribution in [-0.2, 0) is 12.8 Å². The maximum absolute atomic E-state index is 4.03. The van der Waals surface area contributed by atoms with E-state index >= 15 is 0 Å². The Hall–Kier alpha value is -1.15. The molecule has 0 N–H and O–H groups in total. The average Bonchev–Trinajstić information content (AvgIpc) is 2.40. The van der Waals surface area contributed by atoms with Gasteiger partial charge in [0.05, 0.1) is 0 Å². The smallest absolute Gasteiger partial charge is 0.0435 e. The predicted molar refractivity (Wildman–Crippen MR) is 75.4 cm³/mol. The molecule has 0 amide bonds. The Balaban J connectivity index is 2.06. The van der Waals surface area contributed by atoms with Gasteiger partial charge in [-0.15, -0.1) is 0 Å². The van der Waals surface area contributed by atoms with Crippen LogP contribution in [-0.4, -0.2) is 4.98 Å². The van der Waals surface area contributed by atoms with E-state index in [1.807, 2.05) is 12.4 Å². The molecule has 0 fully saturated rings. The summed E-state index contributed by atoms with van der Waals surface area (Å²) in [6.45, 7) is 2.18. The summed E-state index contributed by atoms with van der Waals surface area (Å²) < 4.78 is 0. The van der Waals surface area contributed by atoms with Crippen molar-refractivity contribution >= 4 is 15.9 Å². The molecular weight excluding hydrogens is 274 g/mol. The minimum Gasteiger partial charge on any atom is -0.265 e. The van der Waals surface area contributed by atoms with E-state index in [4.69, 9.17) is 0 Å². The van der Waals surface area contributed by atoms with Crippen molar-refractivity contribution in [3.05, 3.63) is 65.5 Å². The highest BCUT2D eigenvalue weighted by atomic mass is 79.9. The van der Waals surface area contributed by atoms with Crippen molar-refractivity contribution in [2.45, 2.75) is 24.6 Å². The summed E-state index contributed by atoms with van der Waals surface area (Å²) in [5.74, 6) is 0. The lowest BCUT2D eigenvalue weighted by atomic mass is 10.0. The second kappa shape index (κ2) is 5.97. The molecule has 0 spiro atoms. The van der Waals surface area contributed by atoms with Gasteiger partial charge < -0.3 is 0 Å². The van der Waals surface area contributed by atoms with Gasteiger partial charge in [-0.2, -0.15) is 0 Å². The monoisotopic (exact) mass is 289 g/mol. The van der Waals surface area contributed by atoms with Crippen molar-refractivity contribution in [2.24, 2.45) is 0 Å². The molecule has 0 aliphatic rings. The first-order chi connectivity index (χ1) is 8.29. The summed E-state index contributed by atoms with van der Waals surface area (Å²) in [6.07, 6.45) is 5.77. The molecule has 0 saturated carbocycles. The molecule has 1 aromatic carbocycles. The fraction of sp³-hybridized carbons (Fsp3) is 0.267. The summed E-state index contributed by atoms with van der Waals surface area (Å²) in [5, 5.41) is 0. The van der Waals surface area contributed by atoms with Gasteiger partial charge in [0.25, 0.3) is 0 Å². The van der Waals surface area contributed by atoms with E-state index < -0.39 is 0 Å². The lowest BCUT2D eigenvalue weighted by molar-refractivity contribution is 0.942. The zero-order valence-corrected chi connectivity index (χ0v) is 11.5. The number of halogens is 1. The highest BCUT2D eigenvalue weighted by Crippen LogP contribution is 2.27. The predicted octanol–water partition coefficient (Wildman–Crippen LogP) is 4.32. The van der Waals surface area contributed by atoms with Crippen molar-refractivity contribution in [3.63, 3.8) is 0 Å². The topological polar surface area (TPSA) is 12.9 Å². The second-order valence-electron chi connectivity index (χ2n) is 4.12. The van der Waals surface area contributed by atoms with Gasteiger partial charge in [0.15, 0.2) is 0 Å². The van der Waals surface area contributed by atoms with Crippen molar-refractivity contribution in [1.82, 2.24) is 4.98 Å². The zero-order chi connectivity index (χ0) is 12.1. The van der Waals surface area contributed by atoms with Gasteiger partial charge in [-0.3, -0.25) is 4.98 Å². The zero-order valence-electron chi connectivity index (χ0n) is 9.94. The number of hydrogen-bond donors (Lipinski definition) is 0. The molecule has 0 radical (unpaired) electrons. The minimum absolute atomic E-state index is 0.371. The molecule has 1 heterocycles. The maximum Gasteiger partial charge on any atom is 0.0435 e. The van der Waals surface area contributed by atoms with E-state index in [1.54, 1.807) is 0 Å². The highest BCUT2D eigenvalue weighted by Gasteiger charge is 2.08. The van der Waals surface area contributed by atoms with E-state index in [2.05, 4.69) is 64.2 Å². The molecule has 1 aromatic heterocycles. The van der Waals surface area contributed by atoms with Crippen LogP contribution in [0.3, 0.4) is 0 Å². The Labute approximate surface area is 111 Å². The molecule has 0 aliphatic heterocycles. The minimum atomic E-state index is 0.371. The van der Waals surface area contributed by atoms with Crippen LogP contribution in [0.4, 0.5) is 0 Å². The fourth-order valence-corrected chi connectivity index (χ4v) is 2.48. The van der Waals surface area contributed by atoms with Crippen LogP contribution in [0.5, 0.6) is 0 Å². The van der Waals surface area contributed by atoms with Crippen LogP contribution in [0.15, 0.2) is 48.8 Å². The number of nitrogens with zero attached hydrogens (tertiary/aromatic N) is 1. The second-order valence-corrected chi connectivity index (χ2v) is 5.23. The normalized spacial score (nSPS) is 12.4. The van der Waals surface area contributed by atoms with Gasteiger partial charge in [0, 0.05) is 17.2 Å². The standard InChI is InChI=1S/C15H16BrN/c1-2-12-3-5-14(6-4-12)15(16)11-13-7-9-17-10-8-13/h3-10,15H,2,11H2,1H3.